The molecular weight excluding hydrogens is 311 g/mol. The molecule has 2 N–H and O–H groups in total. The number of aromatic nitrogens is 1. The lowest BCUT2D eigenvalue weighted by molar-refractivity contribution is 0.105. The summed E-state index contributed by atoms with van der Waals surface area (Å²) in [7, 11) is 0.184. The first-order chi connectivity index (χ1) is 11.6. The van der Waals surface area contributed by atoms with E-state index >= 15 is 0 Å². The summed E-state index contributed by atoms with van der Waals surface area (Å²) < 4.78 is 5.32. The minimum atomic E-state index is -1.50. The summed E-state index contributed by atoms with van der Waals surface area (Å²) in [5.74, 6) is 0.784. The fourth-order valence-corrected chi connectivity index (χ4v) is 3.16. The van der Waals surface area contributed by atoms with Gasteiger partial charge in [0.1, 0.15) is 5.82 Å². The van der Waals surface area contributed by atoms with Crippen LogP contribution in [-0.2, 0) is 4.74 Å². The maximum absolute atomic E-state index is 12.5. The first-order valence-corrected chi connectivity index (χ1v) is 8.22. The van der Waals surface area contributed by atoms with Gasteiger partial charge in [-0.1, -0.05) is 6.07 Å². The molecule has 2 aliphatic heterocycles. The highest BCUT2D eigenvalue weighted by molar-refractivity contribution is 6.58. The zero-order valence-electron chi connectivity index (χ0n) is 13.8. The molecule has 3 rings (SSSR count). The van der Waals surface area contributed by atoms with Gasteiger partial charge in [0, 0.05) is 58.0 Å². The molecule has 0 aromatic carbocycles. The van der Waals surface area contributed by atoms with Crippen molar-refractivity contribution in [2.45, 2.75) is 12.5 Å². The molecule has 2 fully saturated rings. The van der Waals surface area contributed by atoms with Crippen LogP contribution >= 0.6 is 0 Å². The van der Waals surface area contributed by atoms with E-state index in [1.807, 2.05) is 9.80 Å². The van der Waals surface area contributed by atoms with E-state index in [-0.39, 0.29) is 12.1 Å². The second-order valence-electron chi connectivity index (χ2n) is 6.17. The van der Waals surface area contributed by atoms with E-state index in [1.165, 1.54) is 6.20 Å². The number of nitrogens with zero attached hydrogens (tertiary/aromatic N) is 4. The lowest BCUT2D eigenvalue weighted by atomic mass is 9.82. The number of pyridine rings is 1. The molecular formula is C15H23BN4O4. The average Bonchev–Trinajstić information content (AvgIpc) is 3.10. The van der Waals surface area contributed by atoms with Crippen LogP contribution in [0.2, 0.25) is 0 Å². The minimum Gasteiger partial charge on any atom is -0.423 e. The summed E-state index contributed by atoms with van der Waals surface area (Å²) in [5.41, 5.74) is 0.370. The summed E-state index contributed by atoms with van der Waals surface area (Å²) >= 11 is 0. The Labute approximate surface area is 141 Å². The zero-order chi connectivity index (χ0) is 17.1. The molecule has 3 heterocycles. The summed E-state index contributed by atoms with van der Waals surface area (Å²) in [6, 6.07) is 3.51. The summed E-state index contributed by atoms with van der Waals surface area (Å²) in [6.45, 7) is 4.15. The molecule has 0 saturated carbocycles. The van der Waals surface area contributed by atoms with Crippen LogP contribution in [0.5, 0.6) is 0 Å². The van der Waals surface area contributed by atoms with Crippen LogP contribution in [0.25, 0.3) is 0 Å². The second kappa shape index (κ2) is 7.37. The number of rotatable bonds is 3. The number of amides is 2. The Hall–Kier alpha value is -1.84. The smallest absolute Gasteiger partial charge is 0.423 e. The number of anilines is 1. The van der Waals surface area contributed by atoms with E-state index < -0.39 is 7.12 Å². The molecule has 24 heavy (non-hydrogen) atoms. The van der Waals surface area contributed by atoms with Crippen molar-refractivity contribution in [1.82, 2.24) is 14.8 Å². The van der Waals surface area contributed by atoms with Crippen LogP contribution in [0, 0.1) is 0 Å². The van der Waals surface area contributed by atoms with E-state index in [0.717, 1.165) is 18.8 Å². The molecule has 1 atom stereocenters. The van der Waals surface area contributed by atoms with Crippen molar-refractivity contribution in [2.24, 2.45) is 0 Å². The lowest BCUT2D eigenvalue weighted by Gasteiger charge is -2.37. The largest absolute Gasteiger partial charge is 0.490 e. The number of carbonyl (C=O) groups excluding carboxylic acids is 1. The molecule has 0 unspecified atom stereocenters. The predicted molar refractivity (Wildman–Crippen MR) is 90.2 cm³/mol. The minimum absolute atomic E-state index is 0.0842. The van der Waals surface area contributed by atoms with E-state index in [2.05, 4.69) is 9.88 Å². The van der Waals surface area contributed by atoms with Crippen molar-refractivity contribution in [2.75, 3.05) is 51.3 Å². The van der Waals surface area contributed by atoms with Gasteiger partial charge in [-0.2, -0.15) is 0 Å². The van der Waals surface area contributed by atoms with Gasteiger partial charge < -0.3 is 29.5 Å². The monoisotopic (exact) mass is 334 g/mol. The molecule has 2 saturated heterocycles. The SMILES string of the molecule is CO[C@H]1CCN(C(=O)N2CCN(c3ccc(B(O)O)cn3)CC2)C1. The summed E-state index contributed by atoms with van der Waals surface area (Å²) in [4.78, 5) is 22.6. The normalized spacial score (nSPS) is 21.3. The number of urea groups is 1. The van der Waals surface area contributed by atoms with Crippen molar-refractivity contribution in [3.63, 3.8) is 0 Å². The van der Waals surface area contributed by atoms with Gasteiger partial charge in [-0.15, -0.1) is 0 Å². The molecule has 1 aromatic heterocycles. The molecule has 2 amide bonds. The number of piperazine rings is 1. The first-order valence-electron chi connectivity index (χ1n) is 8.22. The van der Waals surface area contributed by atoms with E-state index in [0.29, 0.717) is 38.2 Å². The fourth-order valence-electron chi connectivity index (χ4n) is 3.16. The van der Waals surface area contributed by atoms with Crippen LogP contribution in [0.15, 0.2) is 18.3 Å². The highest BCUT2D eigenvalue weighted by atomic mass is 16.5. The Balaban J connectivity index is 1.53. The van der Waals surface area contributed by atoms with Crippen LogP contribution < -0.4 is 10.4 Å². The van der Waals surface area contributed by atoms with Gasteiger partial charge in [-0.25, -0.2) is 9.78 Å². The van der Waals surface area contributed by atoms with Crippen LogP contribution in [0.3, 0.4) is 0 Å². The highest BCUT2D eigenvalue weighted by Crippen LogP contribution is 2.17. The van der Waals surface area contributed by atoms with Gasteiger partial charge in [0.25, 0.3) is 0 Å². The third-order valence-corrected chi connectivity index (χ3v) is 4.69. The molecule has 0 spiro atoms. The lowest BCUT2D eigenvalue weighted by Crippen LogP contribution is -2.52. The standard InChI is InChI=1S/C15H23BN4O4/c1-24-13-4-5-20(11-13)15(21)19-8-6-18(7-9-19)14-3-2-12(10-17-14)16(22)23/h2-3,10,13,22-23H,4-9,11H2,1H3/t13-/m0/s1. The van der Waals surface area contributed by atoms with Gasteiger partial charge in [0.15, 0.2) is 0 Å². The van der Waals surface area contributed by atoms with Crippen molar-refractivity contribution in [3.05, 3.63) is 18.3 Å². The van der Waals surface area contributed by atoms with Gasteiger partial charge in [0.05, 0.1) is 6.10 Å². The number of hydrogen-bond acceptors (Lipinski definition) is 6. The average molecular weight is 334 g/mol. The van der Waals surface area contributed by atoms with Crippen molar-refractivity contribution in [1.29, 1.82) is 0 Å². The fraction of sp³-hybridized carbons (Fsp3) is 0.600. The quantitative estimate of drug-likeness (QED) is 0.670. The third-order valence-electron chi connectivity index (χ3n) is 4.69. The Kier molecular flexibility index (Phi) is 5.22. The number of methoxy groups -OCH3 is 1. The van der Waals surface area contributed by atoms with Gasteiger partial charge in [0.2, 0.25) is 0 Å². The predicted octanol–water partition coefficient (Wildman–Crippen LogP) is -1.28. The van der Waals surface area contributed by atoms with Crippen LogP contribution in [-0.4, -0.2) is 90.5 Å². The third kappa shape index (κ3) is 3.63. The zero-order valence-corrected chi connectivity index (χ0v) is 13.8. The topological polar surface area (TPSA) is 89.4 Å². The maximum atomic E-state index is 12.5. The Morgan fingerprint density at radius 2 is 1.96 bits per heavy atom. The van der Waals surface area contributed by atoms with E-state index in [1.54, 1.807) is 19.2 Å². The molecule has 130 valence electrons. The molecule has 2 aliphatic rings. The van der Waals surface area contributed by atoms with Gasteiger partial charge in [-0.3, -0.25) is 0 Å². The molecule has 9 heteroatoms. The van der Waals surface area contributed by atoms with Crippen LogP contribution in [0.4, 0.5) is 10.6 Å². The molecule has 0 aliphatic carbocycles. The Morgan fingerprint density at radius 3 is 2.50 bits per heavy atom. The summed E-state index contributed by atoms with van der Waals surface area (Å²) in [6.07, 6.45) is 2.52. The molecule has 0 bridgehead atoms. The molecule has 1 aromatic rings. The van der Waals surface area contributed by atoms with E-state index in [4.69, 9.17) is 14.8 Å². The Morgan fingerprint density at radius 1 is 1.21 bits per heavy atom. The Bertz CT molecular complexity index is 563. The maximum Gasteiger partial charge on any atom is 0.490 e. The van der Waals surface area contributed by atoms with Crippen LogP contribution in [0.1, 0.15) is 6.42 Å². The number of carbonyl (C=O) groups is 1. The van der Waals surface area contributed by atoms with Crippen molar-refractivity contribution < 1.29 is 19.6 Å². The van der Waals surface area contributed by atoms with Crippen molar-refractivity contribution >= 4 is 24.4 Å². The van der Waals surface area contributed by atoms with Gasteiger partial charge in [-0.05, 0) is 12.5 Å². The highest BCUT2D eigenvalue weighted by Gasteiger charge is 2.31. The second-order valence-corrected chi connectivity index (χ2v) is 6.17. The van der Waals surface area contributed by atoms with E-state index in [9.17, 15) is 4.79 Å². The molecule has 8 nitrogen and oxygen atoms in total. The number of ether oxygens (including phenoxy) is 1. The molecule has 0 radical (unpaired) electrons. The first kappa shape index (κ1) is 17.0. The van der Waals surface area contributed by atoms with Crippen molar-refractivity contribution in [3.8, 4) is 0 Å². The summed E-state index contributed by atoms with van der Waals surface area (Å²) in [5, 5.41) is 18.2. The van der Waals surface area contributed by atoms with Gasteiger partial charge >= 0.3 is 13.1 Å². The number of hydrogen-bond donors (Lipinski definition) is 2. The number of likely N-dealkylation sites (tertiary alicyclic amines) is 1.